The lowest BCUT2D eigenvalue weighted by molar-refractivity contribution is -0.121. The van der Waals surface area contributed by atoms with E-state index in [9.17, 15) is 4.79 Å². The predicted octanol–water partition coefficient (Wildman–Crippen LogP) is 2.79. The number of carbonyl (C=O) groups is 1. The number of carbonyl (C=O) groups excluding carboxylic acids is 1. The van der Waals surface area contributed by atoms with Gasteiger partial charge < -0.3 is 15.2 Å². The van der Waals surface area contributed by atoms with Crippen molar-refractivity contribution in [2.45, 2.75) is 32.2 Å². The van der Waals surface area contributed by atoms with Crippen molar-refractivity contribution in [2.75, 3.05) is 13.1 Å². The van der Waals surface area contributed by atoms with Crippen molar-refractivity contribution in [3.05, 3.63) is 35.2 Å². The van der Waals surface area contributed by atoms with Crippen LogP contribution >= 0.6 is 11.6 Å². The molecule has 6 nitrogen and oxygen atoms in total. The maximum atomic E-state index is 11.9. The SMILES string of the molecule is O=C(CCC1CCNCC1)NCc1nc(-c2cccc(Cl)c2)no1. The Bertz CT molecular complexity index is 683. The summed E-state index contributed by atoms with van der Waals surface area (Å²) in [5, 5.41) is 10.7. The van der Waals surface area contributed by atoms with Gasteiger partial charge in [0.15, 0.2) is 0 Å². The van der Waals surface area contributed by atoms with Crippen LogP contribution in [-0.2, 0) is 11.3 Å². The first-order valence-electron chi connectivity index (χ1n) is 8.26. The molecule has 1 aromatic heterocycles. The summed E-state index contributed by atoms with van der Waals surface area (Å²) in [4.78, 5) is 16.2. The van der Waals surface area contributed by atoms with Gasteiger partial charge in [0.05, 0.1) is 6.54 Å². The van der Waals surface area contributed by atoms with Crippen LogP contribution in [0.2, 0.25) is 5.02 Å². The summed E-state index contributed by atoms with van der Waals surface area (Å²) in [6.45, 7) is 2.36. The molecule has 0 aliphatic carbocycles. The van der Waals surface area contributed by atoms with E-state index in [0.29, 0.717) is 29.1 Å². The van der Waals surface area contributed by atoms with Crippen LogP contribution in [-0.4, -0.2) is 29.1 Å². The Morgan fingerprint density at radius 1 is 1.38 bits per heavy atom. The van der Waals surface area contributed by atoms with Gasteiger partial charge in [0, 0.05) is 17.0 Å². The molecular weight excluding hydrogens is 328 g/mol. The number of nitrogens with one attached hydrogen (secondary N) is 2. The molecule has 1 fully saturated rings. The molecule has 0 spiro atoms. The molecule has 24 heavy (non-hydrogen) atoms. The van der Waals surface area contributed by atoms with Crippen molar-refractivity contribution in [3.8, 4) is 11.4 Å². The third-order valence-corrected chi connectivity index (χ3v) is 4.46. The molecule has 128 valence electrons. The molecule has 1 aliphatic rings. The van der Waals surface area contributed by atoms with Gasteiger partial charge in [-0.05, 0) is 50.4 Å². The Balaban J connectivity index is 1.45. The summed E-state index contributed by atoms with van der Waals surface area (Å²) in [5.74, 6) is 1.53. The number of benzene rings is 1. The van der Waals surface area contributed by atoms with E-state index in [1.165, 1.54) is 0 Å². The van der Waals surface area contributed by atoms with Gasteiger partial charge in [-0.2, -0.15) is 4.98 Å². The first-order valence-corrected chi connectivity index (χ1v) is 8.64. The summed E-state index contributed by atoms with van der Waals surface area (Å²) >= 11 is 5.96. The van der Waals surface area contributed by atoms with Crippen molar-refractivity contribution in [3.63, 3.8) is 0 Å². The van der Waals surface area contributed by atoms with E-state index in [1.807, 2.05) is 12.1 Å². The normalized spacial score (nSPS) is 15.4. The van der Waals surface area contributed by atoms with Gasteiger partial charge >= 0.3 is 0 Å². The minimum atomic E-state index is 0.0241. The van der Waals surface area contributed by atoms with Crippen molar-refractivity contribution in [2.24, 2.45) is 5.92 Å². The number of halogens is 1. The van der Waals surface area contributed by atoms with Crippen LogP contribution < -0.4 is 10.6 Å². The molecule has 1 saturated heterocycles. The Morgan fingerprint density at radius 2 is 2.21 bits per heavy atom. The fourth-order valence-corrected chi connectivity index (χ4v) is 3.03. The average molecular weight is 349 g/mol. The van der Waals surface area contributed by atoms with Crippen LogP contribution in [0.5, 0.6) is 0 Å². The van der Waals surface area contributed by atoms with E-state index in [2.05, 4.69) is 20.8 Å². The van der Waals surface area contributed by atoms with Crippen LogP contribution in [0.3, 0.4) is 0 Å². The zero-order chi connectivity index (χ0) is 16.8. The van der Waals surface area contributed by atoms with E-state index in [0.717, 1.165) is 37.9 Å². The average Bonchev–Trinajstić information content (AvgIpc) is 3.08. The highest BCUT2D eigenvalue weighted by atomic mass is 35.5. The maximum Gasteiger partial charge on any atom is 0.246 e. The van der Waals surface area contributed by atoms with Crippen molar-refractivity contribution in [1.82, 2.24) is 20.8 Å². The minimum absolute atomic E-state index is 0.0241. The number of hydrogen-bond donors (Lipinski definition) is 2. The zero-order valence-electron chi connectivity index (χ0n) is 13.4. The summed E-state index contributed by atoms with van der Waals surface area (Å²) in [6, 6.07) is 7.25. The number of aromatic nitrogens is 2. The molecule has 1 amide bonds. The molecule has 1 aromatic carbocycles. The maximum absolute atomic E-state index is 11.9. The largest absolute Gasteiger partial charge is 0.347 e. The van der Waals surface area contributed by atoms with Crippen molar-refractivity contribution >= 4 is 17.5 Å². The number of rotatable bonds is 6. The van der Waals surface area contributed by atoms with Crippen LogP contribution in [0, 0.1) is 5.92 Å². The number of piperidine rings is 1. The molecule has 0 radical (unpaired) electrons. The number of amides is 1. The van der Waals surface area contributed by atoms with Crippen LogP contribution in [0.15, 0.2) is 28.8 Å². The Kier molecular flexibility index (Phi) is 5.82. The highest BCUT2D eigenvalue weighted by Crippen LogP contribution is 2.20. The number of nitrogens with zero attached hydrogens (tertiary/aromatic N) is 2. The third kappa shape index (κ3) is 4.79. The Hall–Kier alpha value is -1.92. The monoisotopic (exact) mass is 348 g/mol. The smallest absolute Gasteiger partial charge is 0.246 e. The molecule has 2 N–H and O–H groups in total. The number of hydrogen-bond acceptors (Lipinski definition) is 5. The Morgan fingerprint density at radius 3 is 3.00 bits per heavy atom. The molecule has 2 aromatic rings. The summed E-state index contributed by atoms with van der Waals surface area (Å²) < 4.78 is 5.18. The third-order valence-electron chi connectivity index (χ3n) is 4.23. The fourth-order valence-electron chi connectivity index (χ4n) is 2.84. The van der Waals surface area contributed by atoms with E-state index in [-0.39, 0.29) is 12.5 Å². The predicted molar refractivity (Wildman–Crippen MR) is 91.4 cm³/mol. The van der Waals surface area contributed by atoms with Gasteiger partial charge in [0.2, 0.25) is 17.6 Å². The molecule has 1 aliphatic heterocycles. The molecule has 2 heterocycles. The lowest BCUT2D eigenvalue weighted by Crippen LogP contribution is -2.29. The topological polar surface area (TPSA) is 80.0 Å². The van der Waals surface area contributed by atoms with E-state index >= 15 is 0 Å². The zero-order valence-corrected chi connectivity index (χ0v) is 14.2. The van der Waals surface area contributed by atoms with E-state index < -0.39 is 0 Å². The molecule has 0 atom stereocenters. The second-order valence-electron chi connectivity index (χ2n) is 6.03. The second kappa shape index (κ2) is 8.26. The first-order chi connectivity index (χ1) is 11.7. The second-order valence-corrected chi connectivity index (χ2v) is 6.47. The van der Waals surface area contributed by atoms with Gasteiger partial charge in [-0.1, -0.05) is 28.9 Å². The van der Waals surface area contributed by atoms with Crippen LogP contribution in [0.4, 0.5) is 0 Å². The standard InChI is InChI=1S/C17H21ClN4O2/c18-14-3-1-2-13(10-14)17-21-16(24-22-17)11-20-15(23)5-4-12-6-8-19-9-7-12/h1-3,10,12,19H,4-9,11H2,(H,20,23). The highest BCUT2D eigenvalue weighted by molar-refractivity contribution is 6.30. The van der Waals surface area contributed by atoms with Gasteiger partial charge in [-0.15, -0.1) is 0 Å². The fraction of sp³-hybridized carbons (Fsp3) is 0.471. The highest BCUT2D eigenvalue weighted by Gasteiger charge is 2.15. The van der Waals surface area contributed by atoms with Gasteiger partial charge in [0.1, 0.15) is 0 Å². The molecule has 0 unspecified atom stereocenters. The van der Waals surface area contributed by atoms with Gasteiger partial charge in [0.25, 0.3) is 0 Å². The summed E-state index contributed by atoms with van der Waals surface area (Å²) in [5.41, 5.74) is 0.787. The van der Waals surface area contributed by atoms with Gasteiger partial charge in [-0.3, -0.25) is 4.79 Å². The Labute approximate surface area is 146 Å². The lowest BCUT2D eigenvalue weighted by atomic mass is 9.93. The van der Waals surface area contributed by atoms with Crippen LogP contribution in [0.1, 0.15) is 31.6 Å². The summed E-state index contributed by atoms with van der Waals surface area (Å²) in [6.07, 6.45) is 3.78. The van der Waals surface area contributed by atoms with E-state index in [4.69, 9.17) is 16.1 Å². The lowest BCUT2D eigenvalue weighted by Gasteiger charge is -2.22. The van der Waals surface area contributed by atoms with Crippen LogP contribution in [0.25, 0.3) is 11.4 Å². The summed E-state index contributed by atoms with van der Waals surface area (Å²) in [7, 11) is 0. The molecule has 3 rings (SSSR count). The van der Waals surface area contributed by atoms with Crippen molar-refractivity contribution < 1.29 is 9.32 Å². The van der Waals surface area contributed by atoms with Crippen molar-refractivity contribution in [1.29, 1.82) is 0 Å². The first kappa shape index (κ1) is 16.9. The molecule has 0 saturated carbocycles. The van der Waals surface area contributed by atoms with Gasteiger partial charge in [-0.25, -0.2) is 0 Å². The van der Waals surface area contributed by atoms with E-state index in [1.54, 1.807) is 12.1 Å². The molecule has 7 heteroatoms. The molecule has 0 bridgehead atoms. The quantitative estimate of drug-likeness (QED) is 0.839. The minimum Gasteiger partial charge on any atom is -0.347 e. The molecular formula is C17H21ClN4O2.